The molecule has 2 aliphatic rings. The van der Waals surface area contributed by atoms with Gasteiger partial charge < -0.3 is 20.9 Å². The second-order valence-electron chi connectivity index (χ2n) is 8.11. The Bertz CT molecular complexity index is 676. The Kier molecular flexibility index (Phi) is 7.86. The molecule has 1 aromatic carbocycles. The molecule has 0 radical (unpaired) electrons. The first kappa shape index (κ1) is 21.6. The van der Waals surface area contributed by atoms with Crippen LogP contribution in [-0.4, -0.2) is 55.6 Å². The van der Waals surface area contributed by atoms with E-state index in [1.165, 1.54) is 24.1 Å². The fourth-order valence-electron chi connectivity index (χ4n) is 4.08. The highest BCUT2D eigenvalue weighted by Gasteiger charge is 2.37. The van der Waals surface area contributed by atoms with E-state index in [1.807, 2.05) is 17.0 Å². The van der Waals surface area contributed by atoms with Crippen LogP contribution in [0.2, 0.25) is 0 Å². The number of carbonyl (C=O) groups excluding carboxylic acids is 2. The van der Waals surface area contributed by atoms with Crippen LogP contribution in [0.3, 0.4) is 0 Å². The van der Waals surface area contributed by atoms with Crippen LogP contribution in [0.4, 0.5) is 9.18 Å². The van der Waals surface area contributed by atoms with Crippen molar-refractivity contribution in [1.82, 2.24) is 20.9 Å². The molecule has 3 amide bonds. The Morgan fingerprint density at radius 1 is 1.14 bits per heavy atom. The molecular formula is C22H33FN4O2. The maximum Gasteiger partial charge on any atom is 0.315 e. The molecule has 2 fully saturated rings. The van der Waals surface area contributed by atoms with Crippen molar-refractivity contribution in [1.29, 1.82) is 0 Å². The number of amides is 3. The predicted molar refractivity (Wildman–Crippen MR) is 111 cm³/mol. The van der Waals surface area contributed by atoms with Crippen LogP contribution in [0.1, 0.15) is 56.4 Å². The molecular weight excluding hydrogens is 371 g/mol. The minimum Gasteiger partial charge on any atom is -0.341 e. The number of unbranched alkanes of at least 4 members (excludes halogenated alkanes) is 1. The Hall–Kier alpha value is -2.15. The topological polar surface area (TPSA) is 73.5 Å². The molecule has 6 nitrogen and oxygen atoms in total. The van der Waals surface area contributed by atoms with Crippen LogP contribution < -0.4 is 16.0 Å². The second-order valence-corrected chi connectivity index (χ2v) is 8.11. The number of urea groups is 1. The summed E-state index contributed by atoms with van der Waals surface area (Å²) in [6.45, 7) is 2.46. The van der Waals surface area contributed by atoms with Crippen LogP contribution in [0.25, 0.3) is 0 Å². The van der Waals surface area contributed by atoms with E-state index < -0.39 is 6.04 Å². The van der Waals surface area contributed by atoms with Gasteiger partial charge in [0.25, 0.3) is 0 Å². The Morgan fingerprint density at radius 2 is 1.86 bits per heavy atom. The lowest BCUT2D eigenvalue weighted by molar-refractivity contribution is -0.134. The Morgan fingerprint density at radius 3 is 2.55 bits per heavy atom. The number of benzene rings is 1. The van der Waals surface area contributed by atoms with Crippen LogP contribution in [0.5, 0.6) is 0 Å². The van der Waals surface area contributed by atoms with Gasteiger partial charge in [-0.25, -0.2) is 9.18 Å². The maximum absolute atomic E-state index is 13.0. The summed E-state index contributed by atoms with van der Waals surface area (Å²) >= 11 is 0. The zero-order chi connectivity index (χ0) is 20.6. The molecule has 1 heterocycles. The molecule has 1 saturated carbocycles. The second kappa shape index (κ2) is 10.6. The molecule has 1 aliphatic heterocycles. The van der Waals surface area contributed by atoms with Crippen molar-refractivity contribution in [3.63, 3.8) is 0 Å². The van der Waals surface area contributed by atoms with Crippen LogP contribution in [0, 0.1) is 5.82 Å². The number of nitrogens with one attached hydrogen (secondary N) is 3. The maximum atomic E-state index is 13.0. The largest absolute Gasteiger partial charge is 0.341 e. The molecule has 1 aliphatic carbocycles. The highest BCUT2D eigenvalue weighted by molar-refractivity contribution is 5.87. The average molecular weight is 405 g/mol. The number of nitrogens with zero attached hydrogens (tertiary/aromatic N) is 1. The van der Waals surface area contributed by atoms with Gasteiger partial charge in [-0.3, -0.25) is 4.79 Å². The van der Waals surface area contributed by atoms with Crippen LogP contribution in [-0.2, 0) is 4.79 Å². The van der Waals surface area contributed by atoms with Gasteiger partial charge in [0.15, 0.2) is 0 Å². The van der Waals surface area contributed by atoms with Crippen molar-refractivity contribution >= 4 is 11.9 Å². The highest BCUT2D eigenvalue weighted by atomic mass is 19.1. The molecule has 0 spiro atoms. The summed E-state index contributed by atoms with van der Waals surface area (Å²) in [6.07, 6.45) is 6.80. The molecule has 7 heteroatoms. The van der Waals surface area contributed by atoms with Crippen molar-refractivity contribution in [2.45, 2.75) is 62.9 Å². The smallest absolute Gasteiger partial charge is 0.315 e. The third-order valence-electron chi connectivity index (χ3n) is 5.91. The zero-order valence-electron chi connectivity index (χ0n) is 17.3. The van der Waals surface area contributed by atoms with Gasteiger partial charge in [0.2, 0.25) is 5.91 Å². The Labute approximate surface area is 172 Å². The molecule has 1 aromatic rings. The summed E-state index contributed by atoms with van der Waals surface area (Å²) in [5.41, 5.74) is 1.19. The summed E-state index contributed by atoms with van der Waals surface area (Å²) in [7, 11) is 1.56. The third kappa shape index (κ3) is 6.42. The number of likely N-dealkylation sites (tertiary alicyclic amines) is 1. The lowest BCUT2D eigenvalue weighted by Crippen LogP contribution is -2.51. The van der Waals surface area contributed by atoms with Gasteiger partial charge in [-0.2, -0.15) is 0 Å². The highest BCUT2D eigenvalue weighted by Crippen LogP contribution is 2.40. The standard InChI is InChI=1S/C22H33FN4O2/c1-24-22(29)26-19(21(28)27-13-5-2-6-14-27)7-3-4-12-25-20-15-18(20)16-8-10-17(23)11-9-16/h8-11,18-20,25H,2-7,12-15H2,1H3,(H2,24,26,29)/t18-,19-,20?/m0/s1. The normalized spacial score (nSPS) is 22.1. The predicted octanol–water partition coefficient (Wildman–Crippen LogP) is 2.75. The Balaban J connectivity index is 1.37. The van der Waals surface area contributed by atoms with Crippen molar-refractivity contribution in [3.05, 3.63) is 35.6 Å². The number of hydrogen-bond acceptors (Lipinski definition) is 3. The molecule has 29 heavy (non-hydrogen) atoms. The minimum absolute atomic E-state index is 0.0415. The summed E-state index contributed by atoms with van der Waals surface area (Å²) < 4.78 is 13.0. The van der Waals surface area contributed by atoms with E-state index in [9.17, 15) is 14.0 Å². The van der Waals surface area contributed by atoms with Crippen LogP contribution in [0.15, 0.2) is 24.3 Å². The summed E-state index contributed by atoms with van der Waals surface area (Å²) in [4.78, 5) is 26.4. The number of halogens is 1. The van der Waals surface area contributed by atoms with Gasteiger partial charge >= 0.3 is 6.03 Å². The van der Waals surface area contributed by atoms with E-state index in [-0.39, 0.29) is 17.8 Å². The van der Waals surface area contributed by atoms with E-state index in [2.05, 4.69) is 16.0 Å². The van der Waals surface area contributed by atoms with Gasteiger partial charge in [-0.15, -0.1) is 0 Å². The average Bonchev–Trinajstić information content (AvgIpc) is 3.52. The van der Waals surface area contributed by atoms with Crippen molar-refractivity contribution in [2.75, 3.05) is 26.7 Å². The summed E-state index contributed by atoms with van der Waals surface area (Å²) in [5.74, 6) is 0.316. The quantitative estimate of drug-likeness (QED) is 0.554. The van der Waals surface area contributed by atoms with E-state index in [0.29, 0.717) is 18.4 Å². The molecule has 1 unspecified atom stereocenters. The lowest BCUT2D eigenvalue weighted by Gasteiger charge is -2.30. The number of rotatable bonds is 9. The van der Waals surface area contributed by atoms with Gasteiger partial charge in [-0.05, 0) is 69.2 Å². The van der Waals surface area contributed by atoms with E-state index >= 15 is 0 Å². The molecule has 3 atom stereocenters. The van der Waals surface area contributed by atoms with Crippen molar-refractivity contribution in [2.24, 2.45) is 0 Å². The number of hydrogen-bond donors (Lipinski definition) is 3. The first-order valence-electron chi connectivity index (χ1n) is 10.8. The number of piperidine rings is 1. The molecule has 160 valence electrons. The minimum atomic E-state index is -0.457. The first-order valence-corrected chi connectivity index (χ1v) is 10.8. The fraction of sp³-hybridized carbons (Fsp3) is 0.636. The molecule has 0 bridgehead atoms. The fourth-order valence-corrected chi connectivity index (χ4v) is 4.08. The molecule has 1 saturated heterocycles. The SMILES string of the molecule is CNC(=O)N[C@@H](CCCCNC1C[C@H]1c1ccc(F)cc1)C(=O)N1CCCCC1. The summed E-state index contributed by atoms with van der Waals surface area (Å²) in [6, 6.07) is 6.45. The van der Waals surface area contributed by atoms with Gasteiger partial charge in [0, 0.05) is 32.1 Å². The first-order chi connectivity index (χ1) is 14.1. The van der Waals surface area contributed by atoms with E-state index in [1.54, 1.807) is 7.05 Å². The van der Waals surface area contributed by atoms with E-state index in [0.717, 1.165) is 51.7 Å². The molecule has 3 N–H and O–H groups in total. The van der Waals surface area contributed by atoms with Crippen molar-refractivity contribution in [3.8, 4) is 0 Å². The zero-order valence-corrected chi connectivity index (χ0v) is 17.3. The van der Waals surface area contributed by atoms with E-state index in [4.69, 9.17) is 0 Å². The van der Waals surface area contributed by atoms with Gasteiger partial charge in [0.05, 0.1) is 0 Å². The lowest BCUT2D eigenvalue weighted by atomic mass is 10.1. The summed E-state index contributed by atoms with van der Waals surface area (Å²) in [5, 5.41) is 8.91. The molecule has 3 rings (SSSR count). The van der Waals surface area contributed by atoms with Gasteiger partial charge in [0.1, 0.15) is 11.9 Å². The van der Waals surface area contributed by atoms with Crippen LogP contribution >= 0.6 is 0 Å². The van der Waals surface area contributed by atoms with Crippen molar-refractivity contribution < 1.29 is 14.0 Å². The number of carbonyl (C=O) groups is 2. The monoisotopic (exact) mass is 404 g/mol. The third-order valence-corrected chi connectivity index (χ3v) is 5.91. The van der Waals surface area contributed by atoms with Gasteiger partial charge in [-0.1, -0.05) is 12.1 Å². The molecule has 0 aromatic heterocycles.